The molecule has 0 saturated heterocycles. The van der Waals surface area contributed by atoms with Crippen molar-refractivity contribution in [2.75, 3.05) is 0 Å². The van der Waals surface area contributed by atoms with Crippen LogP contribution >= 0.6 is 0 Å². The van der Waals surface area contributed by atoms with Crippen LogP contribution in [0.3, 0.4) is 0 Å². The molecule has 0 unspecified atom stereocenters. The lowest BCUT2D eigenvalue weighted by Gasteiger charge is -1.98. The summed E-state index contributed by atoms with van der Waals surface area (Å²) in [6.45, 7) is 4.17. The van der Waals surface area contributed by atoms with Gasteiger partial charge in [-0.15, -0.1) is 0 Å². The lowest BCUT2D eigenvalue weighted by Crippen LogP contribution is -1.84. The van der Waals surface area contributed by atoms with E-state index in [1.54, 1.807) is 6.20 Å². The highest BCUT2D eigenvalue weighted by Crippen LogP contribution is 2.06. The molecular weight excluding hydrogens is 170 g/mol. The molecule has 1 nitrogen and oxygen atoms in total. The second-order valence-electron chi connectivity index (χ2n) is 3.50. The number of aryl methyl sites for hydroxylation is 1. The van der Waals surface area contributed by atoms with Crippen molar-refractivity contribution >= 4 is 0 Å². The van der Waals surface area contributed by atoms with E-state index in [0.29, 0.717) is 0 Å². The highest BCUT2D eigenvalue weighted by molar-refractivity contribution is 5.26. The maximum absolute atomic E-state index is 5.30. The molecule has 0 aliphatic rings. The Labute approximate surface area is 85.9 Å². The molecule has 2 N–H and O–H groups in total. The summed E-state index contributed by atoms with van der Waals surface area (Å²) in [6, 6.07) is 8.55. The van der Waals surface area contributed by atoms with E-state index in [9.17, 15) is 0 Å². The normalized spacial score (nSPS) is 12.3. The molecule has 0 fully saturated rings. The monoisotopic (exact) mass is 187 g/mol. The minimum Gasteiger partial charge on any atom is -0.405 e. The number of nitrogens with two attached hydrogens (primary N) is 1. The molecule has 0 aromatic heterocycles. The summed E-state index contributed by atoms with van der Waals surface area (Å²) in [5.74, 6) is 0. The van der Waals surface area contributed by atoms with Gasteiger partial charge in [0.2, 0.25) is 0 Å². The van der Waals surface area contributed by atoms with Crippen LogP contribution in [0.15, 0.2) is 48.2 Å². The number of rotatable bonds is 3. The maximum Gasteiger partial charge on any atom is -0.00598 e. The van der Waals surface area contributed by atoms with Crippen LogP contribution in [-0.2, 0) is 6.42 Å². The summed E-state index contributed by atoms with van der Waals surface area (Å²) in [5, 5.41) is 0. The Bertz CT molecular complexity index is 348. The van der Waals surface area contributed by atoms with E-state index in [1.807, 2.05) is 6.08 Å². The van der Waals surface area contributed by atoms with E-state index in [-0.39, 0.29) is 0 Å². The van der Waals surface area contributed by atoms with Crippen LogP contribution in [0.4, 0.5) is 0 Å². The zero-order valence-electron chi connectivity index (χ0n) is 8.83. The first kappa shape index (κ1) is 10.6. The van der Waals surface area contributed by atoms with Crippen LogP contribution in [0, 0.1) is 6.92 Å². The van der Waals surface area contributed by atoms with Crippen molar-refractivity contribution in [1.82, 2.24) is 0 Å². The average Bonchev–Trinajstić information content (AvgIpc) is 2.15. The lowest BCUT2D eigenvalue weighted by atomic mass is 10.1. The van der Waals surface area contributed by atoms with Crippen LogP contribution in [0.1, 0.15) is 18.1 Å². The van der Waals surface area contributed by atoms with E-state index >= 15 is 0 Å². The maximum atomic E-state index is 5.30. The van der Waals surface area contributed by atoms with Gasteiger partial charge in [0.05, 0.1) is 0 Å². The molecule has 0 radical (unpaired) electrons. The fourth-order valence-electron chi connectivity index (χ4n) is 1.34. The topological polar surface area (TPSA) is 26.0 Å². The molecule has 0 amide bonds. The SMILES string of the molecule is CC(/C=C\N)=C/Cc1cccc(C)c1. The number of benzene rings is 1. The van der Waals surface area contributed by atoms with Gasteiger partial charge in [-0.2, -0.15) is 0 Å². The molecule has 0 aliphatic heterocycles. The summed E-state index contributed by atoms with van der Waals surface area (Å²) >= 11 is 0. The average molecular weight is 187 g/mol. The Balaban J connectivity index is 2.66. The van der Waals surface area contributed by atoms with Gasteiger partial charge in [0.25, 0.3) is 0 Å². The van der Waals surface area contributed by atoms with Crippen LogP contribution in [0.25, 0.3) is 0 Å². The van der Waals surface area contributed by atoms with Crippen molar-refractivity contribution in [3.63, 3.8) is 0 Å². The Morgan fingerprint density at radius 1 is 1.43 bits per heavy atom. The van der Waals surface area contributed by atoms with Crippen LogP contribution < -0.4 is 5.73 Å². The molecule has 0 saturated carbocycles. The van der Waals surface area contributed by atoms with Crippen molar-refractivity contribution in [2.24, 2.45) is 5.73 Å². The van der Waals surface area contributed by atoms with E-state index in [1.165, 1.54) is 16.7 Å². The Kier molecular flexibility index (Phi) is 3.99. The van der Waals surface area contributed by atoms with Crippen molar-refractivity contribution in [1.29, 1.82) is 0 Å². The van der Waals surface area contributed by atoms with Crippen molar-refractivity contribution in [3.05, 3.63) is 59.3 Å². The molecule has 1 heteroatoms. The summed E-state index contributed by atoms with van der Waals surface area (Å²) < 4.78 is 0. The quantitative estimate of drug-likeness (QED) is 0.723. The first-order chi connectivity index (χ1) is 6.72. The number of allylic oxidation sites excluding steroid dienone is 3. The van der Waals surface area contributed by atoms with Gasteiger partial charge in [0, 0.05) is 0 Å². The second kappa shape index (κ2) is 5.28. The van der Waals surface area contributed by atoms with E-state index in [2.05, 4.69) is 44.2 Å². The standard InChI is InChI=1S/C13H17N/c1-11(8-9-14)6-7-13-5-3-4-12(2)10-13/h3-6,8-10H,7,14H2,1-2H3/b9-8-,11-6-. The summed E-state index contributed by atoms with van der Waals surface area (Å²) in [4.78, 5) is 0. The van der Waals surface area contributed by atoms with E-state index in [4.69, 9.17) is 5.73 Å². The Morgan fingerprint density at radius 3 is 2.86 bits per heavy atom. The molecule has 0 aliphatic carbocycles. The molecule has 74 valence electrons. The van der Waals surface area contributed by atoms with Crippen LogP contribution in [0.5, 0.6) is 0 Å². The van der Waals surface area contributed by atoms with Gasteiger partial charge < -0.3 is 5.73 Å². The highest BCUT2D eigenvalue weighted by Gasteiger charge is 1.90. The van der Waals surface area contributed by atoms with Crippen LogP contribution in [-0.4, -0.2) is 0 Å². The zero-order chi connectivity index (χ0) is 10.4. The van der Waals surface area contributed by atoms with Gasteiger partial charge in [0.15, 0.2) is 0 Å². The fourth-order valence-corrected chi connectivity index (χ4v) is 1.34. The predicted octanol–water partition coefficient (Wildman–Crippen LogP) is 2.96. The molecule has 0 spiro atoms. The molecule has 0 atom stereocenters. The second-order valence-corrected chi connectivity index (χ2v) is 3.50. The smallest absolute Gasteiger partial charge is 0.00598 e. The summed E-state index contributed by atoms with van der Waals surface area (Å²) in [6.07, 6.45) is 6.63. The van der Waals surface area contributed by atoms with Crippen LogP contribution in [0.2, 0.25) is 0 Å². The third-order valence-electron chi connectivity index (χ3n) is 2.10. The van der Waals surface area contributed by atoms with E-state index in [0.717, 1.165) is 6.42 Å². The van der Waals surface area contributed by atoms with Gasteiger partial charge in [-0.05, 0) is 38.1 Å². The lowest BCUT2D eigenvalue weighted by molar-refractivity contribution is 1.22. The molecule has 1 aromatic carbocycles. The first-order valence-corrected chi connectivity index (χ1v) is 4.83. The molecule has 1 aromatic rings. The van der Waals surface area contributed by atoms with Crippen molar-refractivity contribution in [2.45, 2.75) is 20.3 Å². The minimum atomic E-state index is 0.970. The summed E-state index contributed by atoms with van der Waals surface area (Å²) in [7, 11) is 0. The zero-order valence-corrected chi connectivity index (χ0v) is 8.83. The molecule has 0 heterocycles. The molecular formula is C13H17N. The van der Waals surface area contributed by atoms with E-state index < -0.39 is 0 Å². The Morgan fingerprint density at radius 2 is 2.21 bits per heavy atom. The summed E-state index contributed by atoms with van der Waals surface area (Å²) in [5.41, 5.74) is 9.15. The highest BCUT2D eigenvalue weighted by atomic mass is 14.5. The largest absolute Gasteiger partial charge is 0.405 e. The van der Waals surface area contributed by atoms with Gasteiger partial charge >= 0.3 is 0 Å². The molecule has 1 rings (SSSR count). The van der Waals surface area contributed by atoms with Gasteiger partial charge in [-0.25, -0.2) is 0 Å². The third-order valence-corrected chi connectivity index (χ3v) is 2.10. The molecule has 14 heavy (non-hydrogen) atoms. The minimum absolute atomic E-state index is 0.970. The van der Waals surface area contributed by atoms with Gasteiger partial charge in [-0.1, -0.05) is 41.5 Å². The Hall–Kier alpha value is -1.50. The van der Waals surface area contributed by atoms with Crippen molar-refractivity contribution < 1.29 is 0 Å². The number of hydrogen-bond acceptors (Lipinski definition) is 1. The predicted molar refractivity (Wildman–Crippen MR) is 62.0 cm³/mol. The first-order valence-electron chi connectivity index (χ1n) is 4.83. The fraction of sp³-hybridized carbons (Fsp3) is 0.231. The van der Waals surface area contributed by atoms with Gasteiger partial charge in [0.1, 0.15) is 0 Å². The van der Waals surface area contributed by atoms with Crippen molar-refractivity contribution in [3.8, 4) is 0 Å². The van der Waals surface area contributed by atoms with Gasteiger partial charge in [-0.3, -0.25) is 0 Å². The third kappa shape index (κ3) is 3.48. The number of hydrogen-bond donors (Lipinski definition) is 1. The molecule has 0 bridgehead atoms.